The molecule has 2 aromatic carbocycles. The number of amides is 1. The van der Waals surface area contributed by atoms with Crippen LogP contribution in [0.4, 0.5) is 11.4 Å². The van der Waals surface area contributed by atoms with Gasteiger partial charge in [0, 0.05) is 28.3 Å². The van der Waals surface area contributed by atoms with Crippen LogP contribution in [0, 0.1) is 11.3 Å². The van der Waals surface area contributed by atoms with Gasteiger partial charge in [0.05, 0.1) is 23.7 Å². The Balaban J connectivity index is 1.72. The lowest BCUT2D eigenvalue weighted by Crippen LogP contribution is -2.19. The van der Waals surface area contributed by atoms with E-state index < -0.39 is 0 Å². The molecule has 1 N–H and O–H groups in total. The average molecular weight is 427 g/mol. The van der Waals surface area contributed by atoms with Crippen molar-refractivity contribution >= 4 is 44.5 Å². The van der Waals surface area contributed by atoms with E-state index >= 15 is 0 Å². The highest BCUT2D eigenvalue weighted by atomic mass is 79.9. The topological polar surface area (TPSA) is 70.2 Å². The average Bonchev–Trinajstić information content (AvgIpc) is 2.97. The molecule has 5 nitrogen and oxygen atoms in total. The van der Waals surface area contributed by atoms with Gasteiger partial charge in [-0.25, -0.2) is 4.99 Å². The number of rotatable bonds is 4. The minimum absolute atomic E-state index is 0.113. The molecule has 0 saturated heterocycles. The number of nitriles is 1. The number of anilines is 1. The lowest BCUT2D eigenvalue weighted by Gasteiger charge is -2.06. The summed E-state index contributed by atoms with van der Waals surface area (Å²) in [5.41, 5.74) is 2.98. The summed E-state index contributed by atoms with van der Waals surface area (Å²) < 4.78 is 2.93. The van der Waals surface area contributed by atoms with Crippen LogP contribution < -0.4 is 10.1 Å². The molecular formula is C19H15BrN4OS. The van der Waals surface area contributed by atoms with E-state index in [4.69, 9.17) is 5.26 Å². The standard InChI is InChI=1S/C19H15BrN4OS/c1-24-17(10-18(25)22-15-6-2-13(11-21)3-7-15)12-26-19(24)23-16-8-4-14(20)5-9-16/h2-9,12H,10H2,1H3,(H,22,25). The molecule has 130 valence electrons. The molecular weight excluding hydrogens is 412 g/mol. The molecule has 1 heterocycles. The maximum Gasteiger partial charge on any atom is 0.230 e. The van der Waals surface area contributed by atoms with Crippen molar-refractivity contribution in [1.82, 2.24) is 4.57 Å². The predicted molar refractivity (Wildman–Crippen MR) is 106 cm³/mol. The normalized spacial score (nSPS) is 11.2. The summed E-state index contributed by atoms with van der Waals surface area (Å²) in [4.78, 5) is 17.7. The summed E-state index contributed by atoms with van der Waals surface area (Å²) in [6.07, 6.45) is 0.253. The lowest BCUT2D eigenvalue weighted by molar-refractivity contribution is -0.115. The van der Waals surface area contributed by atoms with Gasteiger partial charge < -0.3 is 9.88 Å². The van der Waals surface area contributed by atoms with E-state index in [2.05, 4.69) is 32.3 Å². The van der Waals surface area contributed by atoms with E-state index in [-0.39, 0.29) is 12.3 Å². The van der Waals surface area contributed by atoms with Gasteiger partial charge in [0.15, 0.2) is 4.80 Å². The van der Waals surface area contributed by atoms with Crippen LogP contribution >= 0.6 is 27.3 Å². The maximum atomic E-state index is 12.3. The van der Waals surface area contributed by atoms with E-state index in [1.165, 1.54) is 11.3 Å². The van der Waals surface area contributed by atoms with Crippen molar-refractivity contribution in [3.8, 4) is 6.07 Å². The van der Waals surface area contributed by atoms with Crippen molar-refractivity contribution in [1.29, 1.82) is 5.26 Å². The van der Waals surface area contributed by atoms with Gasteiger partial charge in [-0.3, -0.25) is 4.79 Å². The zero-order valence-electron chi connectivity index (χ0n) is 13.9. The fraction of sp³-hybridized carbons (Fsp3) is 0.105. The Morgan fingerprint density at radius 3 is 2.58 bits per heavy atom. The van der Waals surface area contributed by atoms with Gasteiger partial charge in [-0.15, -0.1) is 11.3 Å². The Kier molecular flexibility index (Phi) is 5.66. The number of aromatic nitrogens is 1. The molecule has 0 bridgehead atoms. The van der Waals surface area contributed by atoms with E-state index in [1.54, 1.807) is 24.3 Å². The van der Waals surface area contributed by atoms with Crippen LogP contribution in [0.3, 0.4) is 0 Å². The molecule has 26 heavy (non-hydrogen) atoms. The molecule has 3 aromatic rings. The molecule has 0 atom stereocenters. The summed E-state index contributed by atoms with van der Waals surface area (Å²) in [6.45, 7) is 0. The van der Waals surface area contributed by atoms with Crippen molar-refractivity contribution < 1.29 is 4.79 Å². The minimum atomic E-state index is -0.113. The Hall–Kier alpha value is -2.69. The number of carbonyl (C=O) groups is 1. The number of nitrogens with zero attached hydrogens (tertiary/aromatic N) is 3. The van der Waals surface area contributed by atoms with Crippen LogP contribution in [-0.4, -0.2) is 10.5 Å². The molecule has 1 amide bonds. The smallest absolute Gasteiger partial charge is 0.230 e. The molecule has 0 aliphatic rings. The largest absolute Gasteiger partial charge is 0.326 e. The highest BCUT2D eigenvalue weighted by Gasteiger charge is 2.09. The molecule has 0 unspecified atom stereocenters. The Morgan fingerprint density at radius 2 is 1.92 bits per heavy atom. The molecule has 0 aliphatic carbocycles. The van der Waals surface area contributed by atoms with E-state index in [0.29, 0.717) is 11.3 Å². The van der Waals surface area contributed by atoms with Crippen molar-refractivity contribution in [3.63, 3.8) is 0 Å². The van der Waals surface area contributed by atoms with Gasteiger partial charge in [0.2, 0.25) is 5.91 Å². The fourth-order valence-corrected chi connectivity index (χ4v) is 3.47. The van der Waals surface area contributed by atoms with Crippen molar-refractivity contribution in [2.75, 3.05) is 5.32 Å². The van der Waals surface area contributed by atoms with Gasteiger partial charge >= 0.3 is 0 Å². The molecule has 0 fully saturated rings. The maximum absolute atomic E-state index is 12.3. The molecule has 0 spiro atoms. The first-order valence-electron chi connectivity index (χ1n) is 7.79. The molecule has 7 heteroatoms. The zero-order chi connectivity index (χ0) is 18.5. The van der Waals surface area contributed by atoms with Gasteiger partial charge in [-0.2, -0.15) is 5.26 Å². The number of hydrogen-bond acceptors (Lipinski definition) is 4. The summed E-state index contributed by atoms with van der Waals surface area (Å²) in [5.74, 6) is -0.113. The zero-order valence-corrected chi connectivity index (χ0v) is 16.3. The summed E-state index contributed by atoms with van der Waals surface area (Å²) in [6, 6.07) is 16.6. The molecule has 0 saturated carbocycles. The van der Waals surface area contributed by atoms with Gasteiger partial charge in [0.25, 0.3) is 0 Å². The number of hydrogen-bond donors (Lipinski definition) is 1. The molecule has 1 aromatic heterocycles. The van der Waals surface area contributed by atoms with Crippen molar-refractivity contribution in [3.05, 3.63) is 74.4 Å². The quantitative estimate of drug-likeness (QED) is 0.680. The molecule has 0 aliphatic heterocycles. The monoisotopic (exact) mass is 426 g/mol. The van der Waals surface area contributed by atoms with Crippen molar-refractivity contribution in [2.24, 2.45) is 12.0 Å². The third kappa shape index (κ3) is 4.48. The first kappa shape index (κ1) is 18.1. The second-order valence-corrected chi connectivity index (χ2v) is 7.32. The van der Waals surface area contributed by atoms with Crippen molar-refractivity contribution in [2.45, 2.75) is 6.42 Å². The summed E-state index contributed by atoms with van der Waals surface area (Å²) in [5, 5.41) is 13.6. The second kappa shape index (κ2) is 8.13. The Morgan fingerprint density at radius 1 is 1.23 bits per heavy atom. The summed E-state index contributed by atoms with van der Waals surface area (Å²) >= 11 is 4.90. The van der Waals surface area contributed by atoms with Crippen LogP contribution in [0.25, 0.3) is 0 Å². The summed E-state index contributed by atoms with van der Waals surface area (Å²) in [7, 11) is 1.90. The van der Waals surface area contributed by atoms with Crippen LogP contribution in [-0.2, 0) is 18.3 Å². The number of thiazole rings is 1. The van der Waals surface area contributed by atoms with Crippen LogP contribution in [0.15, 0.2) is 63.4 Å². The number of halogens is 1. The Bertz CT molecular complexity index is 1030. The SMILES string of the molecule is Cn1c(CC(=O)Nc2ccc(C#N)cc2)csc1=Nc1ccc(Br)cc1. The molecule has 0 radical (unpaired) electrons. The Labute approximate surface area is 163 Å². The highest BCUT2D eigenvalue weighted by molar-refractivity contribution is 9.10. The van der Waals surface area contributed by atoms with Gasteiger partial charge in [-0.1, -0.05) is 15.9 Å². The van der Waals surface area contributed by atoms with Crippen LogP contribution in [0.1, 0.15) is 11.3 Å². The molecule has 3 rings (SSSR count). The van der Waals surface area contributed by atoms with E-state index in [1.807, 2.05) is 41.3 Å². The van der Waals surface area contributed by atoms with E-state index in [9.17, 15) is 4.79 Å². The third-order valence-corrected chi connectivity index (χ3v) is 5.20. The minimum Gasteiger partial charge on any atom is -0.326 e. The number of benzene rings is 2. The van der Waals surface area contributed by atoms with E-state index in [0.717, 1.165) is 20.7 Å². The third-order valence-electron chi connectivity index (χ3n) is 3.71. The second-order valence-electron chi connectivity index (χ2n) is 5.57. The lowest BCUT2D eigenvalue weighted by atomic mass is 10.2. The first-order chi connectivity index (χ1) is 12.5. The highest BCUT2D eigenvalue weighted by Crippen LogP contribution is 2.16. The fourth-order valence-electron chi connectivity index (χ4n) is 2.29. The predicted octanol–water partition coefficient (Wildman–Crippen LogP) is 4.13. The number of carbonyl (C=O) groups excluding carboxylic acids is 1. The number of nitrogens with one attached hydrogen (secondary N) is 1. The van der Waals surface area contributed by atoms with Gasteiger partial charge in [0.1, 0.15) is 0 Å². The van der Waals surface area contributed by atoms with Crippen LogP contribution in [0.2, 0.25) is 0 Å². The van der Waals surface area contributed by atoms with Crippen LogP contribution in [0.5, 0.6) is 0 Å². The van der Waals surface area contributed by atoms with Gasteiger partial charge in [-0.05, 0) is 48.5 Å². The first-order valence-corrected chi connectivity index (χ1v) is 9.46.